The predicted molar refractivity (Wildman–Crippen MR) is 146 cm³/mol. The van der Waals surface area contributed by atoms with Crippen LogP contribution in [0.3, 0.4) is 0 Å². The Balaban J connectivity index is 0.000000203. The van der Waals surface area contributed by atoms with Crippen LogP contribution in [0.15, 0.2) is 121 Å². The average molecular weight is 486 g/mol. The number of benzene rings is 4. The zero-order valence-corrected chi connectivity index (χ0v) is 20.6. The van der Waals surface area contributed by atoms with Crippen molar-refractivity contribution >= 4 is 22.6 Å². The summed E-state index contributed by atoms with van der Waals surface area (Å²) in [6.07, 6.45) is 3.50. The summed E-state index contributed by atoms with van der Waals surface area (Å²) in [4.78, 5) is 22.2. The van der Waals surface area contributed by atoms with Crippen molar-refractivity contribution in [1.82, 2.24) is 0 Å². The summed E-state index contributed by atoms with van der Waals surface area (Å²) < 4.78 is 0. The lowest BCUT2D eigenvalue weighted by atomic mass is 10.0. The largest absolute Gasteiger partial charge is 0.330 e. The van der Waals surface area contributed by atoms with Gasteiger partial charge in [0, 0.05) is 17.5 Å². The molecule has 0 saturated heterocycles. The van der Waals surface area contributed by atoms with E-state index in [0.29, 0.717) is 12.0 Å². The van der Waals surface area contributed by atoms with E-state index in [4.69, 9.17) is 17.3 Å². The minimum absolute atomic E-state index is 0.238. The fraction of sp³-hybridized carbons (Fsp3) is 0.161. The first-order valence-corrected chi connectivity index (χ1v) is 12.1. The zero-order valence-electron chi connectivity index (χ0n) is 19.9. The molecule has 0 aliphatic rings. The van der Waals surface area contributed by atoms with Crippen LogP contribution in [-0.2, 0) is 12.8 Å². The zero-order chi connectivity index (χ0) is 25.1. The van der Waals surface area contributed by atoms with Crippen molar-refractivity contribution in [3.63, 3.8) is 0 Å². The van der Waals surface area contributed by atoms with Gasteiger partial charge in [-0.1, -0.05) is 121 Å². The molecule has 180 valence electrons. The van der Waals surface area contributed by atoms with Gasteiger partial charge in [0.05, 0.1) is 0 Å². The van der Waals surface area contributed by atoms with Gasteiger partial charge in [-0.2, -0.15) is 0 Å². The molecule has 35 heavy (non-hydrogen) atoms. The van der Waals surface area contributed by atoms with E-state index in [-0.39, 0.29) is 5.78 Å². The third kappa shape index (κ3) is 11.9. The van der Waals surface area contributed by atoms with Crippen molar-refractivity contribution in [2.24, 2.45) is 5.73 Å². The van der Waals surface area contributed by atoms with Crippen LogP contribution in [0.4, 0.5) is 0 Å². The SMILES string of the molecule is NCCc1ccccc1.O=C(CCCc1ccccc1)c1ccccc1.O=C(Cl)c1ccccc1. The van der Waals surface area contributed by atoms with Gasteiger partial charge in [0.25, 0.3) is 5.24 Å². The standard InChI is InChI=1S/C16H16O.C8H11N.C7H5ClO/c17-16(15-11-5-2-6-12-15)13-7-10-14-8-3-1-4-9-14;9-7-6-8-4-2-1-3-5-8;8-7(9)6-4-2-1-3-5-6/h1-6,8-9,11-12H,7,10,13H2;1-5H,6-7,9H2;1-5H. The molecule has 0 radical (unpaired) electrons. The minimum atomic E-state index is -0.407. The second-order valence-electron chi connectivity index (χ2n) is 7.79. The van der Waals surface area contributed by atoms with Gasteiger partial charge in [-0.3, -0.25) is 9.59 Å². The lowest BCUT2D eigenvalue weighted by Crippen LogP contribution is -2.01. The van der Waals surface area contributed by atoms with Crippen LogP contribution < -0.4 is 5.73 Å². The molecule has 4 heteroatoms. The van der Waals surface area contributed by atoms with E-state index in [9.17, 15) is 9.59 Å². The van der Waals surface area contributed by atoms with Crippen LogP contribution >= 0.6 is 11.6 Å². The van der Waals surface area contributed by atoms with E-state index >= 15 is 0 Å². The molecule has 0 heterocycles. The Morgan fingerprint density at radius 1 is 0.571 bits per heavy atom. The highest BCUT2D eigenvalue weighted by Crippen LogP contribution is 2.09. The molecule has 2 N–H and O–H groups in total. The van der Waals surface area contributed by atoms with Gasteiger partial charge in [-0.25, -0.2) is 0 Å². The Morgan fingerprint density at radius 3 is 1.37 bits per heavy atom. The second-order valence-corrected chi connectivity index (χ2v) is 8.14. The maximum atomic E-state index is 11.8. The first-order valence-electron chi connectivity index (χ1n) is 11.7. The number of carbonyl (C=O) groups excluding carboxylic acids is 2. The number of aryl methyl sites for hydroxylation is 1. The molecule has 4 aromatic rings. The molecule has 0 aliphatic carbocycles. The van der Waals surface area contributed by atoms with E-state index in [1.807, 2.05) is 72.8 Å². The van der Waals surface area contributed by atoms with Gasteiger partial charge in [-0.05, 0) is 48.5 Å². The Morgan fingerprint density at radius 2 is 0.971 bits per heavy atom. The van der Waals surface area contributed by atoms with E-state index in [0.717, 1.165) is 31.4 Å². The van der Waals surface area contributed by atoms with Crippen LogP contribution in [0.2, 0.25) is 0 Å². The van der Waals surface area contributed by atoms with Gasteiger partial charge in [0.15, 0.2) is 5.78 Å². The van der Waals surface area contributed by atoms with Crippen LogP contribution in [0.1, 0.15) is 44.7 Å². The third-order valence-corrected chi connectivity index (χ3v) is 5.30. The fourth-order valence-electron chi connectivity index (χ4n) is 3.25. The van der Waals surface area contributed by atoms with Crippen molar-refractivity contribution in [3.8, 4) is 0 Å². The molecule has 0 bridgehead atoms. The molecule has 0 aromatic heterocycles. The number of hydrogen-bond acceptors (Lipinski definition) is 3. The minimum Gasteiger partial charge on any atom is -0.330 e. The van der Waals surface area contributed by atoms with E-state index in [1.54, 1.807) is 24.3 Å². The Hall–Kier alpha value is -3.53. The van der Waals surface area contributed by atoms with Crippen LogP contribution in [0.5, 0.6) is 0 Å². The molecular weight excluding hydrogens is 454 g/mol. The Kier molecular flexibility index (Phi) is 13.4. The molecule has 0 amide bonds. The normalized spacial score (nSPS) is 9.66. The van der Waals surface area contributed by atoms with Gasteiger partial charge in [0.1, 0.15) is 0 Å². The lowest BCUT2D eigenvalue weighted by molar-refractivity contribution is 0.0979. The van der Waals surface area contributed by atoms with Crippen molar-refractivity contribution in [3.05, 3.63) is 144 Å². The smallest absolute Gasteiger partial charge is 0.252 e. The molecule has 0 fully saturated rings. The molecule has 4 rings (SSSR count). The number of rotatable bonds is 8. The molecular formula is C31H32ClNO2. The molecule has 0 spiro atoms. The highest BCUT2D eigenvalue weighted by atomic mass is 35.5. The summed E-state index contributed by atoms with van der Waals surface area (Å²) in [5, 5.41) is -0.407. The first kappa shape index (κ1) is 27.7. The van der Waals surface area contributed by atoms with Crippen molar-refractivity contribution in [2.75, 3.05) is 6.54 Å². The van der Waals surface area contributed by atoms with Crippen molar-refractivity contribution in [2.45, 2.75) is 25.7 Å². The summed E-state index contributed by atoms with van der Waals surface area (Å²) in [5.41, 5.74) is 9.34. The molecule has 0 aliphatic heterocycles. The number of halogens is 1. The van der Waals surface area contributed by atoms with Crippen LogP contribution in [0.25, 0.3) is 0 Å². The van der Waals surface area contributed by atoms with Gasteiger partial charge in [-0.15, -0.1) is 0 Å². The van der Waals surface area contributed by atoms with E-state index in [1.165, 1.54) is 11.1 Å². The summed E-state index contributed by atoms with van der Waals surface area (Å²) in [6.45, 7) is 0.740. The van der Waals surface area contributed by atoms with Crippen LogP contribution in [-0.4, -0.2) is 17.6 Å². The first-order chi connectivity index (χ1) is 17.1. The van der Waals surface area contributed by atoms with Gasteiger partial charge in [0.2, 0.25) is 0 Å². The number of nitrogens with two attached hydrogens (primary N) is 1. The highest BCUT2D eigenvalue weighted by molar-refractivity contribution is 6.67. The average Bonchev–Trinajstić information content (AvgIpc) is 2.92. The molecule has 0 saturated carbocycles. The molecule has 3 nitrogen and oxygen atoms in total. The molecule has 0 unspecified atom stereocenters. The quantitative estimate of drug-likeness (QED) is 0.213. The van der Waals surface area contributed by atoms with Gasteiger partial charge >= 0.3 is 0 Å². The monoisotopic (exact) mass is 485 g/mol. The topological polar surface area (TPSA) is 60.2 Å². The molecule has 0 atom stereocenters. The second kappa shape index (κ2) is 17.0. The fourth-order valence-corrected chi connectivity index (χ4v) is 3.37. The van der Waals surface area contributed by atoms with Gasteiger partial charge < -0.3 is 5.73 Å². The summed E-state index contributed by atoms with van der Waals surface area (Å²) in [7, 11) is 0. The van der Waals surface area contributed by atoms with Crippen LogP contribution in [0, 0.1) is 0 Å². The predicted octanol–water partition coefficient (Wildman–Crippen LogP) is 7.15. The number of hydrogen-bond donors (Lipinski definition) is 1. The molecule has 4 aromatic carbocycles. The lowest BCUT2D eigenvalue weighted by Gasteiger charge is -2.01. The van der Waals surface area contributed by atoms with E-state index in [2.05, 4.69) is 24.3 Å². The van der Waals surface area contributed by atoms with Crippen molar-refractivity contribution in [1.29, 1.82) is 0 Å². The number of ketones is 1. The summed E-state index contributed by atoms with van der Waals surface area (Å²) in [5.74, 6) is 0.238. The number of Topliss-reactive ketones (excluding diaryl/α,β-unsaturated/α-hetero) is 1. The third-order valence-electron chi connectivity index (χ3n) is 5.08. The Bertz CT molecular complexity index is 1100. The maximum absolute atomic E-state index is 11.8. The van der Waals surface area contributed by atoms with E-state index < -0.39 is 5.24 Å². The maximum Gasteiger partial charge on any atom is 0.252 e. The summed E-state index contributed by atoms with van der Waals surface area (Å²) in [6, 6.07) is 38.8. The number of carbonyl (C=O) groups is 2. The highest BCUT2D eigenvalue weighted by Gasteiger charge is 2.04. The Labute approximate surface area is 213 Å². The summed E-state index contributed by atoms with van der Waals surface area (Å²) >= 11 is 5.16. The van der Waals surface area contributed by atoms with Crippen molar-refractivity contribution < 1.29 is 9.59 Å².